The van der Waals surface area contributed by atoms with Crippen molar-refractivity contribution in [1.82, 2.24) is 4.90 Å². The molecule has 0 unspecified atom stereocenters. The summed E-state index contributed by atoms with van der Waals surface area (Å²) >= 11 is 1.34. The largest absolute Gasteiger partial charge is 0.465 e. The normalized spacial score (nSPS) is 24.2. The molecule has 9 nitrogen and oxygen atoms in total. The van der Waals surface area contributed by atoms with E-state index in [0.717, 1.165) is 47.4 Å². The Labute approximate surface area is 195 Å². The number of rotatable bonds is 6. The van der Waals surface area contributed by atoms with E-state index in [1.165, 1.54) is 18.4 Å². The third-order valence-corrected chi connectivity index (χ3v) is 7.91. The molecule has 0 aromatic carbocycles. The molecule has 1 aromatic rings. The maximum atomic E-state index is 12.5. The number of nitrogens with one attached hydrogen (secondary N) is 1. The molecule has 2 fully saturated rings. The van der Waals surface area contributed by atoms with Gasteiger partial charge in [-0.2, -0.15) is 0 Å². The molecule has 178 valence electrons. The average Bonchev–Trinajstić information content (AvgIpc) is 3.27. The first-order chi connectivity index (χ1) is 15.8. The van der Waals surface area contributed by atoms with Crippen LogP contribution in [-0.2, 0) is 41.5 Å². The lowest BCUT2D eigenvalue weighted by Crippen LogP contribution is -2.37. The lowest BCUT2D eigenvalue weighted by Gasteiger charge is -2.19. The fraction of sp³-hybridized carbons (Fsp3) is 0.609. The quantitative estimate of drug-likeness (QED) is 0.494. The van der Waals surface area contributed by atoms with E-state index in [4.69, 9.17) is 9.47 Å². The minimum atomic E-state index is -0.821. The van der Waals surface area contributed by atoms with Gasteiger partial charge in [0.2, 0.25) is 11.8 Å². The monoisotopic (exact) mass is 476 g/mol. The number of fused-ring (bicyclic) bond motifs is 2. The van der Waals surface area contributed by atoms with Gasteiger partial charge in [0.25, 0.3) is 5.91 Å². The van der Waals surface area contributed by atoms with Gasteiger partial charge in [0.1, 0.15) is 11.5 Å². The highest BCUT2D eigenvalue weighted by Gasteiger charge is 2.48. The Hall–Kier alpha value is -2.75. The molecule has 0 spiro atoms. The summed E-state index contributed by atoms with van der Waals surface area (Å²) in [6.45, 7) is 1.07. The molecule has 1 saturated carbocycles. The lowest BCUT2D eigenvalue weighted by atomic mass is 9.81. The third-order valence-electron chi connectivity index (χ3n) is 6.74. The molecule has 2 heterocycles. The van der Waals surface area contributed by atoms with Crippen molar-refractivity contribution in [2.75, 3.05) is 25.6 Å². The van der Waals surface area contributed by atoms with Crippen LogP contribution in [0.15, 0.2) is 0 Å². The molecule has 0 bridgehead atoms. The number of thiophene rings is 1. The first-order valence-corrected chi connectivity index (χ1v) is 12.1. The van der Waals surface area contributed by atoms with Crippen LogP contribution in [0, 0.1) is 17.8 Å². The summed E-state index contributed by atoms with van der Waals surface area (Å²) in [4.78, 5) is 64.0. The van der Waals surface area contributed by atoms with Crippen molar-refractivity contribution in [3.63, 3.8) is 0 Å². The van der Waals surface area contributed by atoms with Crippen molar-refractivity contribution >= 4 is 46.0 Å². The Bertz CT molecular complexity index is 977. The Kier molecular flexibility index (Phi) is 6.83. The molecule has 1 N–H and O–H groups in total. The second-order valence-electron chi connectivity index (χ2n) is 9.02. The summed E-state index contributed by atoms with van der Waals surface area (Å²) < 4.78 is 9.93. The number of nitrogens with zero attached hydrogens (tertiary/aromatic N) is 1. The van der Waals surface area contributed by atoms with Gasteiger partial charge in [-0.05, 0) is 43.6 Å². The van der Waals surface area contributed by atoms with Crippen LogP contribution in [0.25, 0.3) is 0 Å². The van der Waals surface area contributed by atoms with E-state index in [-0.39, 0.29) is 23.7 Å². The van der Waals surface area contributed by atoms with Crippen LogP contribution in [0.5, 0.6) is 0 Å². The van der Waals surface area contributed by atoms with E-state index < -0.39 is 31.0 Å². The van der Waals surface area contributed by atoms with Crippen molar-refractivity contribution < 1.29 is 33.4 Å². The molecule has 0 radical (unpaired) electrons. The summed E-state index contributed by atoms with van der Waals surface area (Å²) in [7, 11) is 1.29. The molecule has 1 saturated heterocycles. The van der Waals surface area contributed by atoms with E-state index >= 15 is 0 Å². The molecule has 1 aromatic heterocycles. The number of imide groups is 1. The minimum Gasteiger partial charge on any atom is -0.465 e. The van der Waals surface area contributed by atoms with Crippen molar-refractivity contribution in [1.29, 1.82) is 0 Å². The number of carbonyl (C=O) groups excluding carboxylic acids is 5. The van der Waals surface area contributed by atoms with E-state index in [9.17, 15) is 24.0 Å². The van der Waals surface area contributed by atoms with Gasteiger partial charge >= 0.3 is 11.9 Å². The smallest absolute Gasteiger partial charge is 0.341 e. The second kappa shape index (κ2) is 9.62. The number of esters is 2. The minimum absolute atomic E-state index is 0.327. The maximum absolute atomic E-state index is 12.5. The highest BCUT2D eigenvalue weighted by Crippen LogP contribution is 2.40. The predicted molar refractivity (Wildman–Crippen MR) is 119 cm³/mol. The van der Waals surface area contributed by atoms with Crippen LogP contribution >= 0.6 is 11.3 Å². The van der Waals surface area contributed by atoms with Crippen LogP contribution in [0.1, 0.15) is 59.8 Å². The maximum Gasteiger partial charge on any atom is 0.341 e. The lowest BCUT2D eigenvalue weighted by molar-refractivity contribution is -0.154. The zero-order valence-electron chi connectivity index (χ0n) is 18.8. The van der Waals surface area contributed by atoms with Gasteiger partial charge in [0.05, 0.1) is 24.5 Å². The summed E-state index contributed by atoms with van der Waals surface area (Å²) in [5.41, 5.74) is 1.27. The molecule has 4 rings (SSSR count). The van der Waals surface area contributed by atoms with E-state index in [1.807, 2.05) is 0 Å². The van der Waals surface area contributed by atoms with Crippen LogP contribution in [0.4, 0.5) is 5.00 Å². The van der Waals surface area contributed by atoms with Crippen LogP contribution in [0.2, 0.25) is 0 Å². The molecular formula is C23H28N2O7S. The highest BCUT2D eigenvalue weighted by molar-refractivity contribution is 7.17. The SMILES string of the molecule is COC(=O)c1c(NC(=O)COC(=O)CN2C(=O)[C@H]3CCCC[C@H]3C2=O)sc2c1CC[C@@H](C)C2. The fourth-order valence-corrected chi connectivity index (χ4v) is 6.44. The molecule has 3 aliphatic rings. The first-order valence-electron chi connectivity index (χ1n) is 11.3. The molecule has 10 heteroatoms. The van der Waals surface area contributed by atoms with Gasteiger partial charge in [-0.15, -0.1) is 11.3 Å². The van der Waals surface area contributed by atoms with Crippen LogP contribution in [0.3, 0.4) is 0 Å². The number of hydrogen-bond donors (Lipinski definition) is 1. The highest BCUT2D eigenvalue weighted by atomic mass is 32.1. The molecule has 2 aliphatic carbocycles. The van der Waals surface area contributed by atoms with E-state index in [0.29, 0.717) is 29.3 Å². The summed E-state index contributed by atoms with van der Waals surface area (Å²) in [6.07, 6.45) is 5.64. The summed E-state index contributed by atoms with van der Waals surface area (Å²) in [6, 6.07) is 0. The zero-order valence-corrected chi connectivity index (χ0v) is 19.6. The third kappa shape index (κ3) is 4.66. The van der Waals surface area contributed by atoms with Gasteiger partial charge in [0, 0.05) is 4.88 Å². The molecular weight excluding hydrogens is 448 g/mol. The van der Waals surface area contributed by atoms with Crippen LogP contribution in [-0.4, -0.2) is 54.8 Å². The van der Waals surface area contributed by atoms with Gasteiger partial charge in [-0.3, -0.25) is 24.1 Å². The Balaban J connectivity index is 1.35. The van der Waals surface area contributed by atoms with Gasteiger partial charge in [-0.25, -0.2) is 4.79 Å². The van der Waals surface area contributed by atoms with Crippen molar-refractivity contribution in [3.8, 4) is 0 Å². The Morgan fingerprint density at radius 2 is 1.76 bits per heavy atom. The number of amides is 3. The molecule has 33 heavy (non-hydrogen) atoms. The number of methoxy groups -OCH3 is 1. The number of ether oxygens (including phenoxy) is 2. The zero-order chi connectivity index (χ0) is 23.7. The van der Waals surface area contributed by atoms with Crippen molar-refractivity contribution in [3.05, 3.63) is 16.0 Å². The summed E-state index contributed by atoms with van der Waals surface area (Å²) in [5.74, 6) is -2.78. The van der Waals surface area contributed by atoms with E-state index in [1.54, 1.807) is 0 Å². The van der Waals surface area contributed by atoms with E-state index in [2.05, 4.69) is 12.2 Å². The predicted octanol–water partition coefficient (Wildman–Crippen LogP) is 2.32. The average molecular weight is 477 g/mol. The second-order valence-corrected chi connectivity index (χ2v) is 10.1. The van der Waals surface area contributed by atoms with Gasteiger partial charge in [0.15, 0.2) is 6.61 Å². The number of anilines is 1. The molecule has 1 aliphatic heterocycles. The topological polar surface area (TPSA) is 119 Å². The Morgan fingerprint density at radius 1 is 1.09 bits per heavy atom. The van der Waals surface area contributed by atoms with Gasteiger partial charge < -0.3 is 14.8 Å². The fourth-order valence-electron chi connectivity index (χ4n) is 5.03. The van der Waals surface area contributed by atoms with Gasteiger partial charge in [-0.1, -0.05) is 19.8 Å². The first kappa shape index (κ1) is 23.4. The standard InChI is InChI=1S/C23H28N2O7S/c1-12-7-8-15-16(9-12)33-20(19(15)23(30)31-2)24-17(26)11-32-18(27)10-25-21(28)13-5-3-4-6-14(13)22(25)29/h12-14H,3-11H2,1-2H3,(H,24,26)/t12-,13-,14+/m1/s1. The molecule has 3 amide bonds. The van der Waals surface area contributed by atoms with Crippen molar-refractivity contribution in [2.45, 2.75) is 51.9 Å². The summed E-state index contributed by atoms with van der Waals surface area (Å²) in [5, 5.41) is 3.04. The number of likely N-dealkylation sites (tertiary alicyclic amines) is 1. The Morgan fingerprint density at radius 3 is 2.39 bits per heavy atom. The number of carbonyl (C=O) groups is 5. The van der Waals surface area contributed by atoms with Crippen LogP contribution < -0.4 is 5.32 Å². The molecule has 3 atom stereocenters. The number of hydrogen-bond acceptors (Lipinski definition) is 8. The van der Waals surface area contributed by atoms with Crippen molar-refractivity contribution in [2.24, 2.45) is 17.8 Å².